The van der Waals surface area contributed by atoms with Gasteiger partial charge in [-0.25, -0.2) is 0 Å². The summed E-state index contributed by atoms with van der Waals surface area (Å²) in [5.74, 6) is 1.11. The van der Waals surface area contributed by atoms with E-state index in [9.17, 15) is 4.79 Å². The van der Waals surface area contributed by atoms with E-state index in [1.807, 2.05) is 32.0 Å². The summed E-state index contributed by atoms with van der Waals surface area (Å²) in [6.45, 7) is 7.21. The van der Waals surface area contributed by atoms with Crippen LogP contribution in [0.2, 0.25) is 0 Å². The van der Waals surface area contributed by atoms with Crippen molar-refractivity contribution in [2.45, 2.75) is 25.9 Å². The molecular weight excluding hydrogens is 334 g/mol. The zero-order valence-corrected chi connectivity index (χ0v) is 16.2. The molecule has 1 aliphatic heterocycles. The van der Waals surface area contributed by atoms with Gasteiger partial charge in [-0.05, 0) is 24.6 Å². The monoisotopic (exact) mass is 365 g/mol. The maximum atomic E-state index is 12.3. The SMILES string of the molecule is COc1ccc(C(CNC(=O)C(C)C(C)N)N2CCOCC2)cc1OC. The topological polar surface area (TPSA) is 86.0 Å². The molecule has 7 heteroatoms. The van der Waals surface area contributed by atoms with Crippen molar-refractivity contribution in [3.05, 3.63) is 23.8 Å². The predicted molar refractivity (Wildman–Crippen MR) is 101 cm³/mol. The number of rotatable bonds is 8. The average Bonchev–Trinajstić information content (AvgIpc) is 2.67. The van der Waals surface area contributed by atoms with Gasteiger partial charge >= 0.3 is 0 Å². The van der Waals surface area contributed by atoms with Crippen LogP contribution in [0.15, 0.2) is 18.2 Å². The highest BCUT2D eigenvalue weighted by molar-refractivity contribution is 5.79. The fourth-order valence-corrected chi connectivity index (χ4v) is 3.00. The second-order valence-corrected chi connectivity index (χ2v) is 6.67. The number of methoxy groups -OCH3 is 2. The molecule has 1 amide bonds. The van der Waals surface area contributed by atoms with Gasteiger partial charge in [-0.1, -0.05) is 13.0 Å². The standard InChI is InChI=1S/C19H31N3O4/c1-13(14(2)20)19(23)21-12-16(22-7-9-26-10-8-22)15-5-6-17(24-3)18(11-15)25-4/h5-6,11,13-14,16H,7-10,12,20H2,1-4H3,(H,21,23). The molecule has 3 unspecified atom stereocenters. The summed E-state index contributed by atoms with van der Waals surface area (Å²) < 4.78 is 16.2. The normalized spacial score (nSPS) is 18.7. The molecule has 0 aliphatic carbocycles. The molecule has 2 rings (SSSR count). The minimum Gasteiger partial charge on any atom is -0.493 e. The average molecular weight is 365 g/mol. The second kappa shape index (κ2) is 9.75. The second-order valence-electron chi connectivity index (χ2n) is 6.67. The van der Waals surface area contributed by atoms with Crippen LogP contribution >= 0.6 is 0 Å². The summed E-state index contributed by atoms with van der Waals surface area (Å²) >= 11 is 0. The van der Waals surface area contributed by atoms with Gasteiger partial charge in [0.25, 0.3) is 0 Å². The van der Waals surface area contributed by atoms with E-state index in [-0.39, 0.29) is 23.9 Å². The van der Waals surface area contributed by atoms with Gasteiger partial charge in [0.2, 0.25) is 5.91 Å². The first-order valence-electron chi connectivity index (χ1n) is 9.05. The van der Waals surface area contributed by atoms with Crippen LogP contribution in [0.4, 0.5) is 0 Å². The predicted octanol–water partition coefficient (Wildman–Crippen LogP) is 1.18. The maximum absolute atomic E-state index is 12.3. The van der Waals surface area contributed by atoms with Gasteiger partial charge in [0.1, 0.15) is 0 Å². The third kappa shape index (κ3) is 5.09. The van der Waals surface area contributed by atoms with Gasteiger partial charge in [0.05, 0.1) is 33.5 Å². The molecule has 1 saturated heterocycles. The maximum Gasteiger partial charge on any atom is 0.224 e. The quantitative estimate of drug-likeness (QED) is 0.719. The molecule has 3 atom stereocenters. The van der Waals surface area contributed by atoms with Crippen molar-refractivity contribution in [2.24, 2.45) is 11.7 Å². The highest BCUT2D eigenvalue weighted by atomic mass is 16.5. The minimum atomic E-state index is -0.231. The molecule has 1 aliphatic rings. The first-order chi connectivity index (χ1) is 12.5. The van der Waals surface area contributed by atoms with Crippen LogP contribution in [0.1, 0.15) is 25.5 Å². The van der Waals surface area contributed by atoms with Crippen molar-refractivity contribution >= 4 is 5.91 Å². The Morgan fingerprint density at radius 1 is 1.23 bits per heavy atom. The minimum absolute atomic E-state index is 0.0289. The van der Waals surface area contributed by atoms with Gasteiger partial charge in [0, 0.05) is 31.6 Å². The van der Waals surface area contributed by atoms with Crippen LogP contribution in [-0.4, -0.2) is 63.9 Å². The number of carbonyl (C=O) groups excluding carboxylic acids is 1. The Labute approximate surface area is 155 Å². The number of benzene rings is 1. The molecule has 0 radical (unpaired) electrons. The van der Waals surface area contributed by atoms with E-state index < -0.39 is 0 Å². The molecule has 1 heterocycles. The van der Waals surface area contributed by atoms with Crippen molar-refractivity contribution in [2.75, 3.05) is 47.1 Å². The molecule has 0 spiro atoms. The van der Waals surface area contributed by atoms with Crippen LogP contribution in [0.3, 0.4) is 0 Å². The smallest absolute Gasteiger partial charge is 0.224 e. The van der Waals surface area contributed by atoms with E-state index >= 15 is 0 Å². The Bertz CT molecular complexity index is 588. The van der Waals surface area contributed by atoms with Crippen molar-refractivity contribution in [3.63, 3.8) is 0 Å². The van der Waals surface area contributed by atoms with Crippen LogP contribution in [0.25, 0.3) is 0 Å². The lowest BCUT2D eigenvalue weighted by Gasteiger charge is -2.35. The number of morpholine rings is 1. The largest absolute Gasteiger partial charge is 0.493 e. The van der Waals surface area contributed by atoms with E-state index in [0.29, 0.717) is 31.3 Å². The molecular formula is C19H31N3O4. The summed E-state index contributed by atoms with van der Waals surface area (Å²) in [7, 11) is 3.24. The summed E-state index contributed by atoms with van der Waals surface area (Å²) in [5.41, 5.74) is 6.92. The lowest BCUT2D eigenvalue weighted by molar-refractivity contribution is -0.125. The van der Waals surface area contributed by atoms with Gasteiger partial charge in [0.15, 0.2) is 11.5 Å². The molecule has 1 aromatic rings. The van der Waals surface area contributed by atoms with Gasteiger partial charge in [-0.2, -0.15) is 0 Å². The Morgan fingerprint density at radius 2 is 1.88 bits per heavy atom. The van der Waals surface area contributed by atoms with Crippen LogP contribution in [-0.2, 0) is 9.53 Å². The number of hydrogen-bond donors (Lipinski definition) is 2. The number of carbonyl (C=O) groups is 1. The number of nitrogens with one attached hydrogen (secondary N) is 1. The fraction of sp³-hybridized carbons (Fsp3) is 0.632. The molecule has 1 fully saturated rings. The third-order valence-corrected chi connectivity index (χ3v) is 4.95. The van der Waals surface area contributed by atoms with Crippen LogP contribution in [0, 0.1) is 5.92 Å². The number of hydrogen-bond acceptors (Lipinski definition) is 6. The summed E-state index contributed by atoms with van der Waals surface area (Å²) in [6, 6.07) is 5.73. The highest BCUT2D eigenvalue weighted by Crippen LogP contribution is 2.32. The molecule has 146 valence electrons. The molecule has 7 nitrogen and oxygen atoms in total. The first kappa shape index (κ1) is 20.5. The Kier molecular flexibility index (Phi) is 7.68. The summed E-state index contributed by atoms with van der Waals surface area (Å²) in [6.07, 6.45) is 0. The Balaban J connectivity index is 2.19. The number of nitrogens with two attached hydrogens (primary N) is 1. The number of ether oxygens (including phenoxy) is 3. The molecule has 0 bridgehead atoms. The van der Waals surface area contributed by atoms with Gasteiger partial charge < -0.3 is 25.3 Å². The number of nitrogens with zero attached hydrogens (tertiary/aromatic N) is 1. The Hall–Kier alpha value is -1.83. The molecule has 0 aromatic heterocycles. The van der Waals surface area contributed by atoms with E-state index in [4.69, 9.17) is 19.9 Å². The third-order valence-electron chi connectivity index (χ3n) is 4.95. The molecule has 0 saturated carbocycles. The zero-order valence-electron chi connectivity index (χ0n) is 16.2. The summed E-state index contributed by atoms with van der Waals surface area (Å²) in [5, 5.41) is 3.05. The van der Waals surface area contributed by atoms with Gasteiger partial charge in [-0.3, -0.25) is 9.69 Å². The van der Waals surface area contributed by atoms with E-state index in [1.165, 1.54) is 0 Å². The van der Waals surface area contributed by atoms with Crippen molar-refractivity contribution in [3.8, 4) is 11.5 Å². The lowest BCUT2D eigenvalue weighted by Crippen LogP contribution is -2.46. The van der Waals surface area contributed by atoms with Gasteiger partial charge in [-0.15, -0.1) is 0 Å². The van der Waals surface area contributed by atoms with Crippen LogP contribution < -0.4 is 20.5 Å². The van der Waals surface area contributed by atoms with Crippen molar-refractivity contribution < 1.29 is 19.0 Å². The number of amides is 1. The zero-order chi connectivity index (χ0) is 19.1. The fourth-order valence-electron chi connectivity index (χ4n) is 3.00. The highest BCUT2D eigenvalue weighted by Gasteiger charge is 2.25. The Morgan fingerprint density at radius 3 is 2.46 bits per heavy atom. The van der Waals surface area contributed by atoms with E-state index in [1.54, 1.807) is 14.2 Å². The van der Waals surface area contributed by atoms with Crippen molar-refractivity contribution in [1.29, 1.82) is 0 Å². The van der Waals surface area contributed by atoms with E-state index in [2.05, 4.69) is 10.2 Å². The van der Waals surface area contributed by atoms with Crippen molar-refractivity contribution in [1.82, 2.24) is 10.2 Å². The lowest BCUT2D eigenvalue weighted by atomic mass is 10.0. The van der Waals surface area contributed by atoms with Crippen LogP contribution in [0.5, 0.6) is 11.5 Å². The molecule has 1 aromatic carbocycles. The molecule has 26 heavy (non-hydrogen) atoms. The molecule has 3 N–H and O–H groups in total. The van der Waals surface area contributed by atoms with E-state index in [0.717, 1.165) is 18.7 Å². The first-order valence-corrected chi connectivity index (χ1v) is 9.05. The summed E-state index contributed by atoms with van der Waals surface area (Å²) in [4.78, 5) is 14.7.